The summed E-state index contributed by atoms with van der Waals surface area (Å²) in [6.07, 6.45) is 2.84. The van der Waals surface area contributed by atoms with Gasteiger partial charge < -0.3 is 9.47 Å². The fourth-order valence-electron chi connectivity index (χ4n) is 1.72. The minimum Gasteiger partial charge on any atom is -0.497 e. The molecule has 3 nitrogen and oxygen atoms in total. The predicted octanol–water partition coefficient (Wildman–Crippen LogP) is 4.23. The van der Waals surface area contributed by atoms with Gasteiger partial charge in [-0.2, -0.15) is 0 Å². The van der Waals surface area contributed by atoms with Crippen LogP contribution in [0.5, 0.6) is 11.5 Å². The summed E-state index contributed by atoms with van der Waals surface area (Å²) in [6.45, 7) is 2.83. The average Bonchev–Trinajstić information content (AvgIpc) is 2.52. The predicted molar refractivity (Wildman–Crippen MR) is 82.5 cm³/mol. The van der Waals surface area contributed by atoms with Crippen molar-refractivity contribution in [1.82, 2.24) is 0 Å². The van der Waals surface area contributed by atoms with E-state index in [0.29, 0.717) is 0 Å². The first-order chi connectivity index (χ1) is 9.81. The van der Waals surface area contributed by atoms with Crippen molar-refractivity contribution in [3.63, 3.8) is 0 Å². The van der Waals surface area contributed by atoms with Crippen LogP contribution in [-0.4, -0.2) is 19.9 Å². The Hall–Kier alpha value is -2.29. The van der Waals surface area contributed by atoms with E-state index in [0.717, 1.165) is 35.8 Å². The smallest absolute Gasteiger partial charge is 0.119 e. The summed E-state index contributed by atoms with van der Waals surface area (Å²) in [5.41, 5.74) is 1.92. The largest absolute Gasteiger partial charge is 0.497 e. The first-order valence-corrected chi connectivity index (χ1v) is 6.73. The van der Waals surface area contributed by atoms with Gasteiger partial charge in [-0.25, -0.2) is 0 Å². The Labute approximate surface area is 119 Å². The van der Waals surface area contributed by atoms with Gasteiger partial charge in [-0.3, -0.25) is 4.99 Å². The van der Waals surface area contributed by atoms with E-state index in [1.165, 1.54) is 0 Å². The van der Waals surface area contributed by atoms with Gasteiger partial charge in [-0.1, -0.05) is 19.1 Å². The molecule has 104 valence electrons. The number of ether oxygens (including phenoxy) is 2. The lowest BCUT2D eigenvalue weighted by atomic mass is 10.2. The lowest BCUT2D eigenvalue weighted by molar-refractivity contribution is 0.317. The Bertz CT molecular complexity index is 561. The molecule has 0 aromatic heterocycles. The summed E-state index contributed by atoms with van der Waals surface area (Å²) in [5, 5.41) is 0. The molecule has 0 atom stereocenters. The molecule has 0 aliphatic heterocycles. The zero-order valence-corrected chi connectivity index (χ0v) is 11.9. The van der Waals surface area contributed by atoms with Crippen LogP contribution in [0.2, 0.25) is 0 Å². The van der Waals surface area contributed by atoms with Crippen LogP contribution < -0.4 is 9.47 Å². The van der Waals surface area contributed by atoms with Crippen LogP contribution in [-0.2, 0) is 0 Å². The van der Waals surface area contributed by atoms with Gasteiger partial charge in [-0.15, -0.1) is 0 Å². The van der Waals surface area contributed by atoms with Gasteiger partial charge in [0.1, 0.15) is 11.5 Å². The molecular weight excluding hydrogens is 250 g/mol. The minimum atomic E-state index is 0.735. The Balaban J connectivity index is 2.06. The molecule has 0 N–H and O–H groups in total. The molecule has 2 aromatic carbocycles. The molecular formula is C17H19NO2. The highest BCUT2D eigenvalue weighted by Crippen LogP contribution is 2.18. The fourth-order valence-corrected chi connectivity index (χ4v) is 1.72. The first kappa shape index (κ1) is 14.1. The molecule has 0 bridgehead atoms. The van der Waals surface area contributed by atoms with Gasteiger partial charge in [0.25, 0.3) is 0 Å². The molecule has 0 unspecified atom stereocenters. The summed E-state index contributed by atoms with van der Waals surface area (Å²) < 4.78 is 10.7. The Morgan fingerprint density at radius 3 is 2.55 bits per heavy atom. The second-order valence-electron chi connectivity index (χ2n) is 4.38. The maximum atomic E-state index is 5.60. The SMILES string of the molecule is CCCOc1cccc(C=Nc2ccc(OC)cc2)c1. The summed E-state index contributed by atoms with van der Waals surface area (Å²) in [5.74, 6) is 1.71. The van der Waals surface area contributed by atoms with Crippen molar-refractivity contribution in [2.24, 2.45) is 4.99 Å². The minimum absolute atomic E-state index is 0.735. The zero-order valence-electron chi connectivity index (χ0n) is 11.9. The van der Waals surface area contributed by atoms with Gasteiger partial charge in [-0.05, 0) is 48.4 Å². The van der Waals surface area contributed by atoms with Crippen molar-refractivity contribution in [2.45, 2.75) is 13.3 Å². The molecule has 2 rings (SSSR count). The first-order valence-electron chi connectivity index (χ1n) is 6.73. The summed E-state index contributed by atoms with van der Waals surface area (Å²) >= 11 is 0. The van der Waals surface area contributed by atoms with E-state index in [1.807, 2.05) is 54.7 Å². The maximum absolute atomic E-state index is 5.60. The van der Waals surface area contributed by atoms with E-state index in [-0.39, 0.29) is 0 Å². The number of hydrogen-bond acceptors (Lipinski definition) is 3. The monoisotopic (exact) mass is 269 g/mol. The van der Waals surface area contributed by atoms with Gasteiger partial charge in [0.2, 0.25) is 0 Å². The van der Waals surface area contributed by atoms with E-state index in [9.17, 15) is 0 Å². The van der Waals surface area contributed by atoms with Crippen LogP contribution in [0.4, 0.5) is 5.69 Å². The number of nitrogens with zero attached hydrogens (tertiary/aromatic N) is 1. The van der Waals surface area contributed by atoms with E-state index < -0.39 is 0 Å². The van der Waals surface area contributed by atoms with Crippen molar-refractivity contribution >= 4 is 11.9 Å². The summed E-state index contributed by atoms with van der Waals surface area (Å²) in [6, 6.07) is 15.6. The molecule has 0 aliphatic carbocycles. The van der Waals surface area contributed by atoms with Crippen molar-refractivity contribution in [3.05, 3.63) is 54.1 Å². The van der Waals surface area contributed by atoms with Crippen LogP contribution in [0.3, 0.4) is 0 Å². The number of benzene rings is 2. The quantitative estimate of drug-likeness (QED) is 0.734. The lowest BCUT2D eigenvalue weighted by Gasteiger charge is -2.04. The van der Waals surface area contributed by atoms with Crippen LogP contribution >= 0.6 is 0 Å². The summed E-state index contributed by atoms with van der Waals surface area (Å²) in [4.78, 5) is 4.44. The molecule has 20 heavy (non-hydrogen) atoms. The molecule has 0 heterocycles. The summed E-state index contributed by atoms with van der Waals surface area (Å²) in [7, 11) is 1.65. The number of aliphatic imine (C=N–C) groups is 1. The molecule has 0 saturated heterocycles. The van der Waals surface area contributed by atoms with Crippen molar-refractivity contribution in [2.75, 3.05) is 13.7 Å². The molecule has 0 spiro atoms. The molecule has 0 amide bonds. The number of methoxy groups -OCH3 is 1. The lowest BCUT2D eigenvalue weighted by Crippen LogP contribution is -1.95. The Morgan fingerprint density at radius 2 is 1.85 bits per heavy atom. The Morgan fingerprint density at radius 1 is 1.05 bits per heavy atom. The van der Waals surface area contributed by atoms with Gasteiger partial charge >= 0.3 is 0 Å². The fraction of sp³-hybridized carbons (Fsp3) is 0.235. The van der Waals surface area contributed by atoms with E-state index in [4.69, 9.17) is 9.47 Å². The van der Waals surface area contributed by atoms with Gasteiger partial charge in [0, 0.05) is 6.21 Å². The van der Waals surface area contributed by atoms with E-state index >= 15 is 0 Å². The highest BCUT2D eigenvalue weighted by molar-refractivity contribution is 5.82. The highest BCUT2D eigenvalue weighted by Gasteiger charge is 1.95. The van der Waals surface area contributed by atoms with Crippen molar-refractivity contribution in [1.29, 1.82) is 0 Å². The Kier molecular flexibility index (Phi) is 5.18. The average molecular weight is 269 g/mol. The number of rotatable bonds is 6. The topological polar surface area (TPSA) is 30.8 Å². The third kappa shape index (κ3) is 4.12. The third-order valence-electron chi connectivity index (χ3n) is 2.77. The van der Waals surface area contributed by atoms with Crippen LogP contribution in [0.15, 0.2) is 53.5 Å². The van der Waals surface area contributed by atoms with Crippen molar-refractivity contribution in [3.8, 4) is 11.5 Å². The van der Waals surface area contributed by atoms with Crippen LogP contribution in [0, 0.1) is 0 Å². The zero-order chi connectivity index (χ0) is 14.2. The second-order valence-corrected chi connectivity index (χ2v) is 4.38. The molecule has 2 aromatic rings. The van der Waals surface area contributed by atoms with Gasteiger partial charge in [0.15, 0.2) is 0 Å². The van der Waals surface area contributed by atoms with Crippen molar-refractivity contribution < 1.29 is 9.47 Å². The molecule has 0 saturated carbocycles. The number of hydrogen-bond donors (Lipinski definition) is 0. The normalized spacial score (nSPS) is 10.7. The molecule has 0 radical (unpaired) electrons. The standard InChI is InChI=1S/C17H19NO2/c1-3-11-20-17-6-4-5-14(12-17)13-18-15-7-9-16(19-2)10-8-15/h4-10,12-13H,3,11H2,1-2H3. The van der Waals surface area contributed by atoms with Gasteiger partial charge in [0.05, 0.1) is 19.4 Å². The maximum Gasteiger partial charge on any atom is 0.119 e. The molecule has 3 heteroatoms. The second kappa shape index (κ2) is 7.34. The van der Waals surface area contributed by atoms with Crippen LogP contribution in [0.1, 0.15) is 18.9 Å². The van der Waals surface area contributed by atoms with E-state index in [1.54, 1.807) is 7.11 Å². The highest BCUT2D eigenvalue weighted by atomic mass is 16.5. The van der Waals surface area contributed by atoms with E-state index in [2.05, 4.69) is 11.9 Å². The molecule has 0 fully saturated rings. The third-order valence-corrected chi connectivity index (χ3v) is 2.77. The molecule has 0 aliphatic rings. The van der Waals surface area contributed by atoms with Crippen LogP contribution in [0.25, 0.3) is 0 Å².